The van der Waals surface area contributed by atoms with E-state index in [2.05, 4.69) is 0 Å². The Kier molecular flexibility index (Phi) is 3.61. The second-order valence-corrected chi connectivity index (χ2v) is 5.16. The number of carbonyl (C=O) groups excluding carboxylic acids is 1. The zero-order chi connectivity index (χ0) is 9.80. The summed E-state index contributed by atoms with van der Waals surface area (Å²) in [5.74, 6) is 1.80. The van der Waals surface area contributed by atoms with E-state index in [0.717, 1.165) is 12.3 Å². The van der Waals surface area contributed by atoms with Crippen LogP contribution in [0.15, 0.2) is 0 Å². The molecule has 0 saturated heterocycles. The van der Waals surface area contributed by atoms with Gasteiger partial charge < -0.3 is 0 Å². The minimum atomic E-state index is 0.448. The van der Waals surface area contributed by atoms with Gasteiger partial charge in [0.2, 0.25) is 0 Å². The predicted molar refractivity (Wildman–Crippen MR) is 58.2 cm³/mol. The zero-order valence-corrected chi connectivity index (χ0v) is 9.13. The molecule has 2 aliphatic rings. The number of carbonyl (C=O) groups is 1. The summed E-state index contributed by atoms with van der Waals surface area (Å²) < 4.78 is 0. The smallest absolute Gasteiger partial charge is 0.136 e. The van der Waals surface area contributed by atoms with Crippen LogP contribution in [0.1, 0.15) is 64.2 Å². The highest BCUT2D eigenvalue weighted by Gasteiger charge is 2.25. The van der Waals surface area contributed by atoms with Crippen LogP contribution in [-0.4, -0.2) is 5.78 Å². The lowest BCUT2D eigenvalue weighted by atomic mass is 9.83. The predicted octanol–water partition coefficient (Wildman–Crippen LogP) is 3.72. The van der Waals surface area contributed by atoms with Crippen LogP contribution in [-0.2, 0) is 4.79 Å². The Bertz CT molecular complexity index is 185. The van der Waals surface area contributed by atoms with E-state index < -0.39 is 0 Å². The van der Waals surface area contributed by atoms with Crippen LogP contribution in [0.2, 0.25) is 0 Å². The highest BCUT2D eigenvalue weighted by atomic mass is 16.1. The van der Waals surface area contributed by atoms with E-state index in [9.17, 15) is 4.79 Å². The Hall–Kier alpha value is -0.330. The molecule has 0 spiro atoms. The molecule has 2 fully saturated rings. The van der Waals surface area contributed by atoms with E-state index >= 15 is 0 Å². The fourth-order valence-corrected chi connectivity index (χ4v) is 3.09. The van der Waals surface area contributed by atoms with Gasteiger partial charge in [0.1, 0.15) is 5.78 Å². The quantitative estimate of drug-likeness (QED) is 0.669. The Balaban J connectivity index is 1.75. The summed E-state index contributed by atoms with van der Waals surface area (Å²) in [6.07, 6.45) is 12.6. The summed E-state index contributed by atoms with van der Waals surface area (Å²) in [4.78, 5) is 12.0. The molecule has 2 saturated carbocycles. The summed E-state index contributed by atoms with van der Waals surface area (Å²) in [6.45, 7) is 0. The Morgan fingerprint density at radius 3 is 2.07 bits per heavy atom. The van der Waals surface area contributed by atoms with Gasteiger partial charge in [-0.1, -0.05) is 44.9 Å². The molecule has 0 unspecified atom stereocenters. The van der Waals surface area contributed by atoms with Crippen molar-refractivity contribution >= 4 is 5.78 Å². The van der Waals surface area contributed by atoms with Crippen molar-refractivity contribution in [2.45, 2.75) is 64.2 Å². The third kappa shape index (κ3) is 2.59. The standard InChI is InChI=1S/C13H22O/c14-13(10-11-6-4-5-7-11)12-8-2-1-3-9-12/h11-12H,1-10H2. The molecular formula is C13H22O. The summed E-state index contributed by atoms with van der Waals surface area (Å²) in [7, 11) is 0. The van der Waals surface area contributed by atoms with Gasteiger partial charge in [-0.2, -0.15) is 0 Å². The largest absolute Gasteiger partial charge is 0.299 e. The molecule has 0 bridgehead atoms. The molecule has 80 valence electrons. The first-order chi connectivity index (χ1) is 6.86. The van der Waals surface area contributed by atoms with Crippen molar-refractivity contribution in [3.8, 4) is 0 Å². The van der Waals surface area contributed by atoms with Gasteiger partial charge in [0.05, 0.1) is 0 Å². The third-order valence-corrected chi connectivity index (χ3v) is 4.03. The molecular weight excluding hydrogens is 172 g/mol. The molecule has 0 heterocycles. The van der Waals surface area contributed by atoms with Gasteiger partial charge in [-0.25, -0.2) is 0 Å². The van der Waals surface area contributed by atoms with Crippen LogP contribution in [0.5, 0.6) is 0 Å². The highest BCUT2D eigenvalue weighted by Crippen LogP contribution is 2.31. The minimum absolute atomic E-state index is 0.448. The van der Waals surface area contributed by atoms with Gasteiger partial charge in [0.15, 0.2) is 0 Å². The summed E-state index contributed by atoms with van der Waals surface area (Å²) in [5, 5.41) is 0. The summed E-state index contributed by atoms with van der Waals surface area (Å²) >= 11 is 0. The van der Waals surface area contributed by atoms with Crippen LogP contribution >= 0.6 is 0 Å². The Morgan fingerprint density at radius 1 is 0.857 bits per heavy atom. The van der Waals surface area contributed by atoms with Crippen molar-refractivity contribution in [1.82, 2.24) is 0 Å². The molecule has 1 heteroatoms. The molecule has 0 N–H and O–H groups in total. The fourth-order valence-electron chi connectivity index (χ4n) is 3.09. The molecule has 2 rings (SSSR count). The lowest BCUT2D eigenvalue weighted by Gasteiger charge is -2.21. The first-order valence-corrected chi connectivity index (χ1v) is 6.39. The molecule has 0 atom stereocenters. The lowest BCUT2D eigenvalue weighted by Crippen LogP contribution is -2.19. The van der Waals surface area contributed by atoms with E-state index in [0.29, 0.717) is 11.7 Å². The van der Waals surface area contributed by atoms with Gasteiger partial charge >= 0.3 is 0 Å². The molecule has 0 amide bonds. The average molecular weight is 194 g/mol. The normalized spacial score (nSPS) is 25.4. The van der Waals surface area contributed by atoms with Gasteiger partial charge in [-0.15, -0.1) is 0 Å². The number of hydrogen-bond acceptors (Lipinski definition) is 1. The van der Waals surface area contributed by atoms with Gasteiger partial charge in [-0.3, -0.25) is 4.79 Å². The van der Waals surface area contributed by atoms with Gasteiger partial charge in [-0.05, 0) is 18.8 Å². The van der Waals surface area contributed by atoms with Crippen molar-refractivity contribution < 1.29 is 4.79 Å². The van der Waals surface area contributed by atoms with Crippen molar-refractivity contribution in [3.63, 3.8) is 0 Å². The van der Waals surface area contributed by atoms with E-state index in [4.69, 9.17) is 0 Å². The SMILES string of the molecule is O=C(CC1CCCC1)C1CCCCC1. The van der Waals surface area contributed by atoms with Crippen molar-refractivity contribution in [1.29, 1.82) is 0 Å². The summed E-state index contributed by atoms with van der Waals surface area (Å²) in [5.41, 5.74) is 0. The lowest BCUT2D eigenvalue weighted by molar-refractivity contribution is -0.124. The number of Topliss-reactive ketones (excluding diaryl/α,β-unsaturated/α-hetero) is 1. The molecule has 0 aliphatic heterocycles. The first-order valence-electron chi connectivity index (χ1n) is 6.39. The number of rotatable bonds is 3. The maximum Gasteiger partial charge on any atom is 0.136 e. The highest BCUT2D eigenvalue weighted by molar-refractivity contribution is 5.81. The molecule has 0 aromatic rings. The second-order valence-electron chi connectivity index (χ2n) is 5.16. The van der Waals surface area contributed by atoms with E-state index in [-0.39, 0.29) is 0 Å². The molecule has 2 aliphatic carbocycles. The maximum absolute atomic E-state index is 12.0. The monoisotopic (exact) mass is 194 g/mol. The topological polar surface area (TPSA) is 17.1 Å². The van der Waals surface area contributed by atoms with E-state index in [1.54, 1.807) is 0 Å². The van der Waals surface area contributed by atoms with E-state index in [1.165, 1.54) is 57.8 Å². The average Bonchev–Trinajstić information content (AvgIpc) is 2.72. The number of ketones is 1. The van der Waals surface area contributed by atoms with Crippen LogP contribution in [0.3, 0.4) is 0 Å². The summed E-state index contributed by atoms with van der Waals surface area (Å²) in [6, 6.07) is 0. The van der Waals surface area contributed by atoms with Crippen molar-refractivity contribution in [3.05, 3.63) is 0 Å². The zero-order valence-electron chi connectivity index (χ0n) is 9.13. The second kappa shape index (κ2) is 4.95. The minimum Gasteiger partial charge on any atom is -0.299 e. The molecule has 1 nitrogen and oxygen atoms in total. The molecule has 0 aromatic carbocycles. The van der Waals surface area contributed by atoms with Crippen LogP contribution in [0, 0.1) is 11.8 Å². The first kappa shape index (κ1) is 10.2. The van der Waals surface area contributed by atoms with Crippen LogP contribution in [0.4, 0.5) is 0 Å². The maximum atomic E-state index is 12.0. The van der Waals surface area contributed by atoms with Gasteiger partial charge in [0, 0.05) is 12.3 Å². The Labute approximate surface area is 87.3 Å². The third-order valence-electron chi connectivity index (χ3n) is 4.03. The van der Waals surface area contributed by atoms with E-state index in [1.807, 2.05) is 0 Å². The molecule has 0 aromatic heterocycles. The molecule has 14 heavy (non-hydrogen) atoms. The number of hydrogen-bond donors (Lipinski definition) is 0. The van der Waals surface area contributed by atoms with Crippen LogP contribution < -0.4 is 0 Å². The van der Waals surface area contributed by atoms with Crippen molar-refractivity contribution in [2.24, 2.45) is 11.8 Å². The Morgan fingerprint density at radius 2 is 1.43 bits per heavy atom. The molecule has 0 radical (unpaired) electrons. The fraction of sp³-hybridized carbons (Fsp3) is 0.923. The van der Waals surface area contributed by atoms with Crippen LogP contribution in [0.25, 0.3) is 0 Å². The van der Waals surface area contributed by atoms with Gasteiger partial charge in [0.25, 0.3) is 0 Å². The van der Waals surface area contributed by atoms with Crippen molar-refractivity contribution in [2.75, 3.05) is 0 Å².